The zero-order chi connectivity index (χ0) is 14.8. The standard InChI is InChI=1S/C18H34N2O/c1-3-18(21)15-10-17(19-16-6-4-5-7-16)12-20(11-15)13(2)14-8-9-14/h13-19,21H,3-12H2,1-2H3. The summed E-state index contributed by atoms with van der Waals surface area (Å²) in [4.78, 5) is 2.68. The summed E-state index contributed by atoms with van der Waals surface area (Å²) in [5.74, 6) is 1.39. The number of piperidine rings is 1. The highest BCUT2D eigenvalue weighted by atomic mass is 16.3. The number of rotatable bonds is 6. The first-order chi connectivity index (χ1) is 10.2. The molecule has 3 heteroatoms. The molecule has 2 aliphatic carbocycles. The van der Waals surface area contributed by atoms with Crippen LogP contribution in [0.5, 0.6) is 0 Å². The van der Waals surface area contributed by atoms with Crippen LogP contribution < -0.4 is 5.32 Å². The Morgan fingerprint density at radius 2 is 1.76 bits per heavy atom. The monoisotopic (exact) mass is 294 g/mol. The topological polar surface area (TPSA) is 35.5 Å². The van der Waals surface area contributed by atoms with Crippen LogP contribution in [0.4, 0.5) is 0 Å². The molecule has 3 aliphatic rings. The van der Waals surface area contributed by atoms with Crippen molar-refractivity contribution in [2.45, 2.75) is 89.4 Å². The number of nitrogens with one attached hydrogen (secondary N) is 1. The van der Waals surface area contributed by atoms with Crippen molar-refractivity contribution in [1.29, 1.82) is 0 Å². The van der Waals surface area contributed by atoms with Gasteiger partial charge in [0.2, 0.25) is 0 Å². The average Bonchev–Trinajstić information content (AvgIpc) is 3.23. The Morgan fingerprint density at radius 3 is 2.38 bits per heavy atom. The summed E-state index contributed by atoms with van der Waals surface area (Å²) in [5, 5.41) is 14.3. The quantitative estimate of drug-likeness (QED) is 0.791. The zero-order valence-electron chi connectivity index (χ0n) is 13.9. The van der Waals surface area contributed by atoms with E-state index in [1.54, 1.807) is 0 Å². The molecule has 2 N–H and O–H groups in total. The van der Waals surface area contributed by atoms with Crippen LogP contribution in [0.15, 0.2) is 0 Å². The third kappa shape index (κ3) is 4.00. The Hall–Kier alpha value is -0.120. The van der Waals surface area contributed by atoms with E-state index >= 15 is 0 Å². The predicted molar refractivity (Wildman–Crippen MR) is 87.3 cm³/mol. The summed E-state index contributed by atoms with van der Waals surface area (Å²) in [7, 11) is 0. The normalized spacial score (nSPS) is 35.0. The van der Waals surface area contributed by atoms with Crippen LogP contribution in [0, 0.1) is 11.8 Å². The van der Waals surface area contributed by atoms with Gasteiger partial charge in [0.25, 0.3) is 0 Å². The Morgan fingerprint density at radius 1 is 1.05 bits per heavy atom. The molecule has 2 saturated carbocycles. The molecule has 4 unspecified atom stereocenters. The van der Waals surface area contributed by atoms with E-state index in [0.717, 1.165) is 24.9 Å². The highest BCUT2D eigenvalue weighted by Gasteiger charge is 2.38. The molecule has 0 aromatic heterocycles. The molecule has 21 heavy (non-hydrogen) atoms. The summed E-state index contributed by atoms with van der Waals surface area (Å²) in [6, 6.07) is 2.05. The maximum absolute atomic E-state index is 10.4. The zero-order valence-corrected chi connectivity index (χ0v) is 13.9. The number of aliphatic hydroxyl groups is 1. The van der Waals surface area contributed by atoms with Gasteiger partial charge in [0.1, 0.15) is 0 Å². The maximum Gasteiger partial charge on any atom is 0.0578 e. The van der Waals surface area contributed by atoms with Gasteiger partial charge in [-0.3, -0.25) is 4.90 Å². The summed E-state index contributed by atoms with van der Waals surface area (Å²) < 4.78 is 0. The van der Waals surface area contributed by atoms with Crippen LogP contribution in [0.2, 0.25) is 0 Å². The largest absolute Gasteiger partial charge is 0.393 e. The Balaban J connectivity index is 1.61. The minimum atomic E-state index is -0.118. The van der Waals surface area contributed by atoms with Crippen molar-refractivity contribution in [3.05, 3.63) is 0 Å². The predicted octanol–water partition coefficient (Wildman–Crippen LogP) is 2.78. The molecule has 3 nitrogen and oxygen atoms in total. The van der Waals surface area contributed by atoms with Crippen molar-refractivity contribution >= 4 is 0 Å². The fraction of sp³-hybridized carbons (Fsp3) is 1.00. The van der Waals surface area contributed by atoms with E-state index in [4.69, 9.17) is 0 Å². The lowest BCUT2D eigenvalue weighted by Crippen LogP contribution is -2.56. The molecule has 0 aromatic rings. The molecule has 0 amide bonds. The van der Waals surface area contributed by atoms with Crippen LogP contribution in [-0.2, 0) is 0 Å². The van der Waals surface area contributed by atoms with E-state index < -0.39 is 0 Å². The summed E-state index contributed by atoms with van der Waals surface area (Å²) in [5.41, 5.74) is 0. The molecule has 0 bridgehead atoms. The lowest BCUT2D eigenvalue weighted by Gasteiger charge is -2.43. The minimum Gasteiger partial charge on any atom is -0.393 e. The molecule has 122 valence electrons. The molecule has 0 spiro atoms. The Labute approximate surface area is 130 Å². The number of likely N-dealkylation sites (tertiary alicyclic amines) is 1. The Bertz CT molecular complexity index is 325. The second kappa shape index (κ2) is 6.97. The van der Waals surface area contributed by atoms with Crippen LogP contribution in [0.3, 0.4) is 0 Å². The summed E-state index contributed by atoms with van der Waals surface area (Å²) in [6.45, 7) is 6.83. The van der Waals surface area contributed by atoms with Gasteiger partial charge in [-0.05, 0) is 57.3 Å². The molecule has 4 atom stereocenters. The van der Waals surface area contributed by atoms with Gasteiger partial charge in [-0.2, -0.15) is 0 Å². The molecular formula is C18H34N2O. The lowest BCUT2D eigenvalue weighted by atomic mass is 9.87. The summed E-state index contributed by atoms with van der Waals surface area (Å²) >= 11 is 0. The van der Waals surface area contributed by atoms with Crippen molar-refractivity contribution in [2.75, 3.05) is 13.1 Å². The van der Waals surface area contributed by atoms with Gasteiger partial charge in [0.15, 0.2) is 0 Å². The first kappa shape index (κ1) is 15.8. The molecule has 1 aliphatic heterocycles. The maximum atomic E-state index is 10.4. The lowest BCUT2D eigenvalue weighted by molar-refractivity contribution is 0.0163. The third-order valence-electron chi connectivity index (χ3n) is 6.18. The number of hydrogen-bond acceptors (Lipinski definition) is 3. The molecule has 3 rings (SSSR count). The number of nitrogens with zero attached hydrogens (tertiary/aromatic N) is 1. The van der Waals surface area contributed by atoms with Gasteiger partial charge in [-0.15, -0.1) is 0 Å². The number of aliphatic hydroxyl groups excluding tert-OH is 1. The second-order valence-corrected chi connectivity index (χ2v) is 7.85. The fourth-order valence-corrected chi connectivity index (χ4v) is 4.54. The van der Waals surface area contributed by atoms with Gasteiger partial charge in [-0.1, -0.05) is 19.8 Å². The first-order valence-corrected chi connectivity index (χ1v) is 9.35. The van der Waals surface area contributed by atoms with Gasteiger partial charge in [0.05, 0.1) is 6.10 Å². The second-order valence-electron chi connectivity index (χ2n) is 7.85. The molecule has 1 heterocycles. The highest BCUT2D eigenvalue weighted by Crippen LogP contribution is 2.37. The van der Waals surface area contributed by atoms with Crippen molar-refractivity contribution < 1.29 is 5.11 Å². The SMILES string of the molecule is CCC(O)C1CC(NC2CCCC2)CN(C(C)C2CC2)C1. The van der Waals surface area contributed by atoms with Gasteiger partial charge < -0.3 is 10.4 Å². The van der Waals surface area contributed by atoms with Crippen molar-refractivity contribution in [2.24, 2.45) is 11.8 Å². The fourth-order valence-electron chi connectivity index (χ4n) is 4.54. The molecule has 0 radical (unpaired) electrons. The van der Waals surface area contributed by atoms with Crippen molar-refractivity contribution in [3.8, 4) is 0 Å². The van der Waals surface area contributed by atoms with Crippen molar-refractivity contribution in [3.63, 3.8) is 0 Å². The smallest absolute Gasteiger partial charge is 0.0578 e. The third-order valence-corrected chi connectivity index (χ3v) is 6.18. The van der Waals surface area contributed by atoms with Crippen LogP contribution in [0.1, 0.15) is 65.2 Å². The average molecular weight is 294 g/mol. The Kier molecular flexibility index (Phi) is 5.23. The van der Waals surface area contributed by atoms with Gasteiger partial charge in [0, 0.05) is 31.2 Å². The highest BCUT2D eigenvalue weighted by molar-refractivity contribution is 4.94. The van der Waals surface area contributed by atoms with Crippen LogP contribution in [0.25, 0.3) is 0 Å². The molecule has 0 aromatic carbocycles. The van der Waals surface area contributed by atoms with Gasteiger partial charge in [-0.25, -0.2) is 0 Å². The first-order valence-electron chi connectivity index (χ1n) is 9.35. The summed E-state index contributed by atoms with van der Waals surface area (Å²) in [6.07, 6.45) is 10.3. The molecule has 1 saturated heterocycles. The molecule has 3 fully saturated rings. The van der Waals surface area contributed by atoms with E-state index in [9.17, 15) is 5.11 Å². The van der Waals surface area contributed by atoms with Crippen LogP contribution in [-0.4, -0.2) is 47.3 Å². The molecular weight excluding hydrogens is 260 g/mol. The van der Waals surface area contributed by atoms with E-state index in [2.05, 4.69) is 24.1 Å². The van der Waals surface area contributed by atoms with E-state index in [1.165, 1.54) is 51.5 Å². The van der Waals surface area contributed by atoms with Crippen LogP contribution >= 0.6 is 0 Å². The van der Waals surface area contributed by atoms with Crippen molar-refractivity contribution in [1.82, 2.24) is 10.2 Å². The van der Waals surface area contributed by atoms with Gasteiger partial charge >= 0.3 is 0 Å². The minimum absolute atomic E-state index is 0.118. The van der Waals surface area contributed by atoms with E-state index in [-0.39, 0.29) is 6.10 Å². The van der Waals surface area contributed by atoms with E-state index in [1.807, 2.05) is 0 Å². The number of hydrogen-bond donors (Lipinski definition) is 2. The van der Waals surface area contributed by atoms with E-state index in [0.29, 0.717) is 18.0 Å².